The van der Waals surface area contributed by atoms with Crippen molar-refractivity contribution >= 4 is 11.8 Å². The number of thioether (sulfide) groups is 1. The SMILES string of the molecule is CCNC(CSC)c1ccc(F)c(C)c1. The van der Waals surface area contributed by atoms with E-state index >= 15 is 0 Å². The molecule has 1 rings (SSSR count). The summed E-state index contributed by atoms with van der Waals surface area (Å²) in [6.07, 6.45) is 2.08. The molecule has 1 N–H and O–H groups in total. The summed E-state index contributed by atoms with van der Waals surface area (Å²) in [6, 6.07) is 5.67. The highest BCUT2D eigenvalue weighted by Crippen LogP contribution is 2.19. The van der Waals surface area contributed by atoms with Gasteiger partial charge in [-0.2, -0.15) is 11.8 Å². The third-order valence-electron chi connectivity index (χ3n) is 2.37. The first kappa shape index (κ1) is 12.5. The van der Waals surface area contributed by atoms with E-state index in [1.165, 1.54) is 5.56 Å². The van der Waals surface area contributed by atoms with E-state index in [9.17, 15) is 4.39 Å². The van der Waals surface area contributed by atoms with Crippen LogP contribution in [0.1, 0.15) is 24.1 Å². The largest absolute Gasteiger partial charge is 0.310 e. The van der Waals surface area contributed by atoms with Crippen LogP contribution in [0.4, 0.5) is 4.39 Å². The van der Waals surface area contributed by atoms with Crippen molar-refractivity contribution < 1.29 is 4.39 Å². The average molecular weight is 227 g/mol. The molecular formula is C12H18FNS. The summed E-state index contributed by atoms with van der Waals surface area (Å²) in [6.45, 7) is 4.83. The zero-order chi connectivity index (χ0) is 11.3. The van der Waals surface area contributed by atoms with Crippen molar-refractivity contribution in [3.05, 3.63) is 35.1 Å². The molecule has 0 bridgehead atoms. The van der Waals surface area contributed by atoms with Crippen molar-refractivity contribution in [1.82, 2.24) is 5.32 Å². The van der Waals surface area contributed by atoms with Gasteiger partial charge < -0.3 is 5.32 Å². The Kier molecular flexibility index (Phi) is 5.12. The predicted molar refractivity (Wildman–Crippen MR) is 65.9 cm³/mol. The molecule has 0 spiro atoms. The molecular weight excluding hydrogens is 209 g/mol. The summed E-state index contributed by atoms with van der Waals surface area (Å²) in [5.41, 5.74) is 1.89. The van der Waals surface area contributed by atoms with Gasteiger partial charge in [0.05, 0.1) is 0 Å². The van der Waals surface area contributed by atoms with Crippen LogP contribution in [0.5, 0.6) is 0 Å². The maximum absolute atomic E-state index is 13.1. The predicted octanol–water partition coefficient (Wildman–Crippen LogP) is 3.15. The summed E-state index contributed by atoms with van der Waals surface area (Å²) in [7, 11) is 0. The van der Waals surface area contributed by atoms with Gasteiger partial charge in [0.2, 0.25) is 0 Å². The molecule has 0 aliphatic carbocycles. The summed E-state index contributed by atoms with van der Waals surface area (Å²) in [5, 5.41) is 3.40. The number of hydrogen-bond donors (Lipinski definition) is 1. The zero-order valence-corrected chi connectivity index (χ0v) is 10.3. The molecule has 0 aliphatic heterocycles. The van der Waals surface area contributed by atoms with Crippen molar-refractivity contribution in [2.75, 3.05) is 18.6 Å². The molecule has 1 aromatic carbocycles. The molecule has 15 heavy (non-hydrogen) atoms. The number of aryl methyl sites for hydroxylation is 1. The highest BCUT2D eigenvalue weighted by atomic mass is 32.2. The minimum absolute atomic E-state index is 0.127. The van der Waals surface area contributed by atoms with Crippen LogP contribution in [-0.4, -0.2) is 18.6 Å². The lowest BCUT2D eigenvalue weighted by atomic mass is 10.1. The van der Waals surface area contributed by atoms with Gasteiger partial charge in [-0.15, -0.1) is 0 Å². The van der Waals surface area contributed by atoms with E-state index in [1.807, 2.05) is 12.1 Å². The highest BCUT2D eigenvalue weighted by molar-refractivity contribution is 7.98. The van der Waals surface area contributed by atoms with E-state index in [2.05, 4.69) is 18.5 Å². The second-order valence-corrected chi connectivity index (χ2v) is 4.48. The maximum atomic E-state index is 13.1. The van der Waals surface area contributed by atoms with Gasteiger partial charge in [0.1, 0.15) is 5.82 Å². The Morgan fingerprint density at radius 3 is 2.73 bits per heavy atom. The fourth-order valence-electron chi connectivity index (χ4n) is 1.57. The van der Waals surface area contributed by atoms with E-state index in [-0.39, 0.29) is 5.82 Å². The molecule has 3 heteroatoms. The standard InChI is InChI=1S/C12H18FNS/c1-4-14-12(8-15-3)10-5-6-11(13)9(2)7-10/h5-7,12,14H,4,8H2,1-3H3. The first-order valence-corrected chi connectivity index (χ1v) is 6.56. The Labute approximate surface area is 95.5 Å². The minimum Gasteiger partial charge on any atom is -0.310 e. The van der Waals surface area contributed by atoms with Gasteiger partial charge in [-0.05, 0) is 36.9 Å². The fourth-order valence-corrected chi connectivity index (χ4v) is 2.21. The van der Waals surface area contributed by atoms with E-state index < -0.39 is 0 Å². The first-order valence-electron chi connectivity index (χ1n) is 5.17. The first-order chi connectivity index (χ1) is 7.19. The van der Waals surface area contributed by atoms with Crippen LogP contribution >= 0.6 is 11.8 Å². The molecule has 0 saturated carbocycles. The summed E-state index contributed by atoms with van der Waals surface area (Å²) < 4.78 is 13.1. The molecule has 1 nitrogen and oxygen atoms in total. The van der Waals surface area contributed by atoms with E-state index in [1.54, 1.807) is 24.8 Å². The van der Waals surface area contributed by atoms with Crippen LogP contribution in [-0.2, 0) is 0 Å². The van der Waals surface area contributed by atoms with E-state index in [4.69, 9.17) is 0 Å². The molecule has 0 fully saturated rings. The van der Waals surface area contributed by atoms with Gasteiger partial charge in [0.25, 0.3) is 0 Å². The number of benzene rings is 1. The van der Waals surface area contributed by atoms with Crippen molar-refractivity contribution in [2.45, 2.75) is 19.9 Å². The molecule has 0 saturated heterocycles. The van der Waals surface area contributed by atoms with Gasteiger partial charge in [0, 0.05) is 11.8 Å². The quantitative estimate of drug-likeness (QED) is 0.829. The number of nitrogens with one attached hydrogen (secondary N) is 1. The second-order valence-electron chi connectivity index (χ2n) is 3.57. The van der Waals surface area contributed by atoms with Crippen molar-refractivity contribution in [1.29, 1.82) is 0 Å². The Morgan fingerprint density at radius 1 is 1.47 bits per heavy atom. The van der Waals surface area contributed by atoms with Crippen LogP contribution in [0, 0.1) is 12.7 Å². The van der Waals surface area contributed by atoms with Crippen molar-refractivity contribution in [3.8, 4) is 0 Å². The molecule has 0 amide bonds. The third kappa shape index (κ3) is 3.50. The van der Waals surface area contributed by atoms with E-state index in [0.717, 1.165) is 17.9 Å². The van der Waals surface area contributed by atoms with Gasteiger partial charge in [-0.1, -0.05) is 19.1 Å². The molecule has 0 aliphatic rings. The Hall–Kier alpha value is -0.540. The molecule has 1 aromatic rings. The monoisotopic (exact) mass is 227 g/mol. The Balaban J connectivity index is 2.85. The third-order valence-corrected chi connectivity index (χ3v) is 3.03. The molecule has 1 atom stereocenters. The van der Waals surface area contributed by atoms with Gasteiger partial charge in [-0.25, -0.2) is 4.39 Å². The number of hydrogen-bond acceptors (Lipinski definition) is 2. The van der Waals surface area contributed by atoms with Gasteiger partial charge in [-0.3, -0.25) is 0 Å². The highest BCUT2D eigenvalue weighted by Gasteiger charge is 2.10. The van der Waals surface area contributed by atoms with Crippen LogP contribution in [0.3, 0.4) is 0 Å². The molecule has 0 aromatic heterocycles. The Morgan fingerprint density at radius 2 is 2.20 bits per heavy atom. The number of halogens is 1. The Bertz CT molecular complexity index is 308. The zero-order valence-electron chi connectivity index (χ0n) is 9.51. The van der Waals surface area contributed by atoms with Crippen LogP contribution < -0.4 is 5.32 Å². The van der Waals surface area contributed by atoms with Crippen LogP contribution in [0.2, 0.25) is 0 Å². The second kappa shape index (κ2) is 6.13. The van der Waals surface area contributed by atoms with Crippen LogP contribution in [0.25, 0.3) is 0 Å². The lowest BCUT2D eigenvalue weighted by Gasteiger charge is -2.17. The lowest BCUT2D eigenvalue weighted by molar-refractivity contribution is 0.594. The fraction of sp³-hybridized carbons (Fsp3) is 0.500. The molecule has 0 radical (unpaired) electrons. The smallest absolute Gasteiger partial charge is 0.126 e. The minimum atomic E-state index is -0.127. The topological polar surface area (TPSA) is 12.0 Å². The van der Waals surface area contributed by atoms with Gasteiger partial charge in [0.15, 0.2) is 0 Å². The van der Waals surface area contributed by atoms with Crippen molar-refractivity contribution in [3.63, 3.8) is 0 Å². The van der Waals surface area contributed by atoms with Crippen molar-refractivity contribution in [2.24, 2.45) is 0 Å². The summed E-state index contributed by atoms with van der Waals surface area (Å²) in [4.78, 5) is 0. The van der Waals surface area contributed by atoms with Gasteiger partial charge >= 0.3 is 0 Å². The lowest BCUT2D eigenvalue weighted by Crippen LogP contribution is -2.23. The summed E-state index contributed by atoms with van der Waals surface area (Å²) in [5.74, 6) is 0.886. The van der Waals surface area contributed by atoms with E-state index in [0.29, 0.717) is 6.04 Å². The molecule has 84 valence electrons. The molecule has 0 heterocycles. The normalized spacial score (nSPS) is 12.8. The van der Waals surface area contributed by atoms with Crippen LogP contribution in [0.15, 0.2) is 18.2 Å². The maximum Gasteiger partial charge on any atom is 0.126 e. The average Bonchev–Trinajstić information content (AvgIpc) is 2.22. The summed E-state index contributed by atoms with van der Waals surface area (Å²) >= 11 is 1.80. The number of rotatable bonds is 5. The molecule has 1 unspecified atom stereocenters.